The second-order valence-electron chi connectivity index (χ2n) is 4.86. The lowest BCUT2D eigenvalue weighted by molar-refractivity contribution is 0.0959. The lowest BCUT2D eigenvalue weighted by atomic mass is 10.1. The topological polar surface area (TPSA) is 58.2 Å². The maximum atomic E-state index is 12.3. The SMILES string of the molecule is C=CCNC(=O)c1ccccc1NC(=O)c1ccc(C)cc1. The van der Waals surface area contributed by atoms with Crippen LogP contribution in [0.3, 0.4) is 0 Å². The predicted molar refractivity (Wildman–Crippen MR) is 88.1 cm³/mol. The fourth-order valence-corrected chi connectivity index (χ4v) is 1.95. The van der Waals surface area contributed by atoms with E-state index in [-0.39, 0.29) is 11.8 Å². The van der Waals surface area contributed by atoms with E-state index in [2.05, 4.69) is 17.2 Å². The molecule has 0 radical (unpaired) electrons. The zero-order chi connectivity index (χ0) is 15.9. The van der Waals surface area contributed by atoms with Gasteiger partial charge in [-0.3, -0.25) is 9.59 Å². The largest absolute Gasteiger partial charge is 0.349 e. The summed E-state index contributed by atoms with van der Waals surface area (Å²) in [5.74, 6) is -0.497. The van der Waals surface area contributed by atoms with Gasteiger partial charge in [0.25, 0.3) is 11.8 Å². The number of aryl methyl sites for hydroxylation is 1. The van der Waals surface area contributed by atoms with Crippen LogP contribution in [0.4, 0.5) is 5.69 Å². The number of benzene rings is 2. The molecule has 0 saturated heterocycles. The Kier molecular flexibility index (Phi) is 5.09. The number of hydrogen-bond acceptors (Lipinski definition) is 2. The third kappa shape index (κ3) is 3.82. The molecule has 0 unspecified atom stereocenters. The molecule has 0 fully saturated rings. The van der Waals surface area contributed by atoms with E-state index in [1.165, 1.54) is 0 Å². The molecule has 2 rings (SSSR count). The van der Waals surface area contributed by atoms with E-state index in [1.54, 1.807) is 42.5 Å². The first kappa shape index (κ1) is 15.5. The molecule has 0 bridgehead atoms. The maximum Gasteiger partial charge on any atom is 0.255 e. The molecule has 112 valence electrons. The minimum Gasteiger partial charge on any atom is -0.349 e. The molecule has 0 spiro atoms. The van der Waals surface area contributed by atoms with Crippen molar-refractivity contribution < 1.29 is 9.59 Å². The van der Waals surface area contributed by atoms with Gasteiger partial charge in [-0.15, -0.1) is 6.58 Å². The Morgan fingerprint density at radius 2 is 1.73 bits per heavy atom. The third-order valence-corrected chi connectivity index (χ3v) is 3.14. The van der Waals surface area contributed by atoms with Crippen LogP contribution in [0.5, 0.6) is 0 Å². The minimum absolute atomic E-state index is 0.246. The summed E-state index contributed by atoms with van der Waals surface area (Å²) in [6.45, 7) is 5.89. The molecular formula is C18H18N2O2. The van der Waals surface area contributed by atoms with Gasteiger partial charge in [-0.1, -0.05) is 35.9 Å². The first-order valence-corrected chi connectivity index (χ1v) is 6.98. The third-order valence-electron chi connectivity index (χ3n) is 3.14. The summed E-state index contributed by atoms with van der Waals surface area (Å²) >= 11 is 0. The monoisotopic (exact) mass is 294 g/mol. The minimum atomic E-state index is -0.250. The molecule has 0 atom stereocenters. The van der Waals surface area contributed by atoms with Crippen molar-refractivity contribution in [3.05, 3.63) is 77.9 Å². The summed E-state index contributed by atoms with van der Waals surface area (Å²) in [4.78, 5) is 24.3. The van der Waals surface area contributed by atoms with Gasteiger partial charge in [-0.05, 0) is 31.2 Å². The Balaban J connectivity index is 2.18. The van der Waals surface area contributed by atoms with Crippen molar-refractivity contribution in [3.63, 3.8) is 0 Å². The smallest absolute Gasteiger partial charge is 0.255 e. The number of nitrogens with one attached hydrogen (secondary N) is 2. The van der Waals surface area contributed by atoms with E-state index in [4.69, 9.17) is 0 Å². The van der Waals surface area contributed by atoms with Gasteiger partial charge in [-0.2, -0.15) is 0 Å². The first-order chi connectivity index (χ1) is 10.6. The molecule has 2 aromatic carbocycles. The van der Waals surface area contributed by atoms with Crippen LogP contribution in [0.1, 0.15) is 26.3 Å². The Morgan fingerprint density at radius 1 is 1.05 bits per heavy atom. The summed E-state index contributed by atoms with van der Waals surface area (Å²) in [7, 11) is 0. The number of para-hydroxylation sites is 1. The number of carbonyl (C=O) groups excluding carboxylic acids is 2. The highest BCUT2D eigenvalue weighted by molar-refractivity contribution is 6.09. The van der Waals surface area contributed by atoms with E-state index in [9.17, 15) is 9.59 Å². The molecule has 0 saturated carbocycles. The van der Waals surface area contributed by atoms with Crippen molar-refractivity contribution in [2.24, 2.45) is 0 Å². The Bertz CT molecular complexity index is 690. The standard InChI is InChI=1S/C18H18N2O2/c1-3-12-19-18(22)15-6-4-5-7-16(15)20-17(21)14-10-8-13(2)9-11-14/h3-11H,1,12H2,2H3,(H,19,22)(H,20,21). The van der Waals surface area contributed by atoms with Gasteiger partial charge in [0.1, 0.15) is 0 Å². The lowest BCUT2D eigenvalue weighted by Crippen LogP contribution is -2.25. The van der Waals surface area contributed by atoms with E-state index in [0.29, 0.717) is 23.4 Å². The van der Waals surface area contributed by atoms with Crippen molar-refractivity contribution in [1.29, 1.82) is 0 Å². The first-order valence-electron chi connectivity index (χ1n) is 6.98. The van der Waals surface area contributed by atoms with Gasteiger partial charge in [0.15, 0.2) is 0 Å². The van der Waals surface area contributed by atoms with Gasteiger partial charge in [0.05, 0.1) is 11.3 Å². The van der Waals surface area contributed by atoms with Crippen molar-refractivity contribution >= 4 is 17.5 Å². The fourth-order valence-electron chi connectivity index (χ4n) is 1.95. The molecule has 2 aromatic rings. The average Bonchev–Trinajstić information content (AvgIpc) is 2.53. The summed E-state index contributed by atoms with van der Waals surface area (Å²) < 4.78 is 0. The molecule has 4 nitrogen and oxygen atoms in total. The van der Waals surface area contributed by atoms with Crippen molar-refractivity contribution in [3.8, 4) is 0 Å². The van der Waals surface area contributed by atoms with Crippen LogP contribution in [-0.2, 0) is 0 Å². The zero-order valence-corrected chi connectivity index (χ0v) is 12.4. The number of rotatable bonds is 5. The Morgan fingerprint density at radius 3 is 2.41 bits per heavy atom. The molecule has 0 aliphatic rings. The van der Waals surface area contributed by atoms with Gasteiger partial charge in [-0.25, -0.2) is 0 Å². The molecule has 4 heteroatoms. The molecule has 0 aliphatic heterocycles. The van der Waals surface area contributed by atoms with Gasteiger partial charge >= 0.3 is 0 Å². The van der Waals surface area contributed by atoms with E-state index < -0.39 is 0 Å². The summed E-state index contributed by atoms with van der Waals surface area (Å²) in [5.41, 5.74) is 2.53. The van der Waals surface area contributed by atoms with E-state index in [0.717, 1.165) is 5.56 Å². The summed E-state index contributed by atoms with van der Waals surface area (Å²) in [6, 6.07) is 14.2. The number of amides is 2. The van der Waals surface area contributed by atoms with Crippen molar-refractivity contribution in [2.75, 3.05) is 11.9 Å². The van der Waals surface area contributed by atoms with Crippen LogP contribution < -0.4 is 10.6 Å². The van der Waals surface area contributed by atoms with E-state index in [1.807, 2.05) is 19.1 Å². The zero-order valence-electron chi connectivity index (χ0n) is 12.4. The van der Waals surface area contributed by atoms with Crippen LogP contribution in [0.25, 0.3) is 0 Å². The fraction of sp³-hybridized carbons (Fsp3) is 0.111. The number of anilines is 1. The predicted octanol–water partition coefficient (Wildman–Crippen LogP) is 3.16. The van der Waals surface area contributed by atoms with E-state index >= 15 is 0 Å². The normalized spacial score (nSPS) is 9.86. The number of carbonyl (C=O) groups is 2. The lowest BCUT2D eigenvalue weighted by Gasteiger charge is -2.11. The number of hydrogen-bond donors (Lipinski definition) is 2. The molecule has 2 N–H and O–H groups in total. The molecule has 22 heavy (non-hydrogen) atoms. The van der Waals surface area contributed by atoms with Crippen LogP contribution in [0.15, 0.2) is 61.2 Å². The van der Waals surface area contributed by atoms with Crippen LogP contribution in [0, 0.1) is 6.92 Å². The molecular weight excluding hydrogens is 276 g/mol. The van der Waals surface area contributed by atoms with Gasteiger partial charge in [0.2, 0.25) is 0 Å². The summed E-state index contributed by atoms with van der Waals surface area (Å²) in [5, 5.41) is 5.48. The van der Waals surface area contributed by atoms with Crippen molar-refractivity contribution in [2.45, 2.75) is 6.92 Å². The van der Waals surface area contributed by atoms with Crippen LogP contribution in [0.2, 0.25) is 0 Å². The second kappa shape index (κ2) is 7.22. The highest BCUT2D eigenvalue weighted by Crippen LogP contribution is 2.16. The second-order valence-corrected chi connectivity index (χ2v) is 4.86. The highest BCUT2D eigenvalue weighted by Gasteiger charge is 2.13. The van der Waals surface area contributed by atoms with Crippen LogP contribution >= 0.6 is 0 Å². The molecule has 0 aliphatic carbocycles. The van der Waals surface area contributed by atoms with Gasteiger partial charge in [0, 0.05) is 12.1 Å². The molecule has 0 heterocycles. The molecule has 0 aromatic heterocycles. The van der Waals surface area contributed by atoms with Crippen molar-refractivity contribution in [1.82, 2.24) is 5.32 Å². The Labute approximate surface area is 129 Å². The van der Waals surface area contributed by atoms with Gasteiger partial charge < -0.3 is 10.6 Å². The molecule has 2 amide bonds. The van der Waals surface area contributed by atoms with Crippen LogP contribution in [-0.4, -0.2) is 18.4 Å². The summed E-state index contributed by atoms with van der Waals surface area (Å²) in [6.07, 6.45) is 1.60. The quantitative estimate of drug-likeness (QED) is 0.832. The highest BCUT2D eigenvalue weighted by atomic mass is 16.2. The Hall–Kier alpha value is -2.88. The average molecular weight is 294 g/mol. The maximum absolute atomic E-state index is 12.3.